The zero-order valence-electron chi connectivity index (χ0n) is 25.7. The van der Waals surface area contributed by atoms with Gasteiger partial charge in [-0.25, -0.2) is 17.1 Å². The molecule has 1 N–H and O–H groups in total. The van der Waals surface area contributed by atoms with Gasteiger partial charge in [0.05, 0.1) is 24.7 Å². The number of Topliss-reactive ketones (excluding diaryl/α,β-unsaturated/α-hetero) is 1. The van der Waals surface area contributed by atoms with Crippen molar-refractivity contribution in [3.8, 4) is 5.75 Å². The minimum atomic E-state index is -3.46. The van der Waals surface area contributed by atoms with E-state index >= 15 is 0 Å². The van der Waals surface area contributed by atoms with E-state index < -0.39 is 39.5 Å². The van der Waals surface area contributed by atoms with Crippen LogP contribution in [0.15, 0.2) is 42.5 Å². The number of aromatic hydroxyl groups is 1. The summed E-state index contributed by atoms with van der Waals surface area (Å²) in [5, 5.41) is 10.1. The molecule has 2 saturated heterocycles. The van der Waals surface area contributed by atoms with E-state index in [0.717, 1.165) is 6.26 Å². The van der Waals surface area contributed by atoms with Crippen molar-refractivity contribution in [2.45, 2.75) is 32.6 Å². The predicted octanol–water partition coefficient (Wildman–Crippen LogP) is 3.05. The van der Waals surface area contributed by atoms with Gasteiger partial charge in [0.1, 0.15) is 11.6 Å². The molecule has 0 radical (unpaired) electrons. The van der Waals surface area contributed by atoms with Crippen LogP contribution >= 0.6 is 0 Å². The number of piperidine rings is 2. The van der Waals surface area contributed by atoms with Crippen LogP contribution in [0.1, 0.15) is 47.2 Å². The summed E-state index contributed by atoms with van der Waals surface area (Å²) < 4.78 is 45.7. The molecule has 12 heteroatoms. The van der Waals surface area contributed by atoms with Crippen LogP contribution in [0.25, 0.3) is 0 Å². The minimum absolute atomic E-state index is 0.0808. The van der Waals surface area contributed by atoms with Crippen molar-refractivity contribution in [3.63, 3.8) is 0 Å². The molecular weight excluding hydrogens is 589 g/mol. The zero-order valence-corrected chi connectivity index (χ0v) is 26.6. The quantitative estimate of drug-likeness (QED) is 0.314. The Morgan fingerprint density at radius 3 is 2.48 bits per heavy atom. The van der Waals surface area contributed by atoms with Crippen LogP contribution in [0, 0.1) is 30.5 Å². The number of rotatable bonds is 10. The first kappa shape index (κ1) is 33.5. The molecule has 240 valence electrons. The van der Waals surface area contributed by atoms with Crippen molar-refractivity contribution in [2.24, 2.45) is 17.8 Å². The number of halogens is 1. The molecule has 0 saturated carbocycles. The fraction of sp³-hybridized carbons (Fsp3) is 0.531. The Morgan fingerprint density at radius 2 is 1.80 bits per heavy atom. The fourth-order valence-electron chi connectivity index (χ4n) is 6.40. The number of phenols is 1. The lowest BCUT2D eigenvalue weighted by Gasteiger charge is -2.45. The van der Waals surface area contributed by atoms with Crippen molar-refractivity contribution in [3.05, 3.63) is 65.0 Å². The standard InChI is InChI=1S/C32H42FN3O7S/c1-5-43-32(40)23-10-8-14-36(18-23)31(39)27-20-35(16-15-34(3)44(4,41)42)19-26(30(38)22-9-6-11-24(37)17-22)29(27)25-12-7-13-28(33)21(25)2/h6-7,9,11-13,17,23,26-27,29,37H,5,8,10,14-16,18-20H2,1-4H3. The zero-order chi connectivity index (χ0) is 32.2. The third-order valence-electron chi connectivity index (χ3n) is 8.88. The topological polar surface area (TPSA) is 125 Å². The van der Waals surface area contributed by atoms with Gasteiger partial charge < -0.3 is 19.6 Å². The van der Waals surface area contributed by atoms with Gasteiger partial charge in [0.15, 0.2) is 5.78 Å². The first-order valence-electron chi connectivity index (χ1n) is 15.0. The summed E-state index contributed by atoms with van der Waals surface area (Å²) in [5.74, 6) is -4.21. The van der Waals surface area contributed by atoms with E-state index in [-0.39, 0.29) is 68.3 Å². The van der Waals surface area contributed by atoms with Crippen molar-refractivity contribution in [2.75, 3.05) is 59.2 Å². The number of ketones is 1. The van der Waals surface area contributed by atoms with E-state index in [4.69, 9.17) is 4.74 Å². The normalized spacial score (nSPS) is 23.0. The number of esters is 1. The van der Waals surface area contributed by atoms with Crippen LogP contribution < -0.4 is 0 Å². The molecule has 2 aliphatic rings. The van der Waals surface area contributed by atoms with Crippen LogP contribution in [0.2, 0.25) is 0 Å². The van der Waals surface area contributed by atoms with Gasteiger partial charge in [-0.1, -0.05) is 24.3 Å². The Morgan fingerprint density at radius 1 is 1.09 bits per heavy atom. The lowest BCUT2D eigenvalue weighted by atomic mass is 9.69. The van der Waals surface area contributed by atoms with E-state index in [2.05, 4.69) is 0 Å². The highest BCUT2D eigenvalue weighted by Crippen LogP contribution is 2.42. The van der Waals surface area contributed by atoms with Crippen LogP contribution in [0.5, 0.6) is 5.75 Å². The van der Waals surface area contributed by atoms with Gasteiger partial charge in [-0.2, -0.15) is 0 Å². The molecule has 2 fully saturated rings. The number of hydrogen-bond acceptors (Lipinski definition) is 8. The Labute approximate surface area is 258 Å². The summed E-state index contributed by atoms with van der Waals surface area (Å²) in [7, 11) is -1.99. The Balaban J connectivity index is 1.77. The fourth-order valence-corrected chi connectivity index (χ4v) is 6.82. The Kier molecular flexibility index (Phi) is 10.8. The number of likely N-dealkylation sites (tertiary alicyclic amines) is 2. The smallest absolute Gasteiger partial charge is 0.310 e. The number of amides is 1. The lowest BCUT2D eigenvalue weighted by molar-refractivity contribution is -0.152. The SMILES string of the molecule is CCOC(=O)C1CCCN(C(=O)C2CN(CCN(C)S(C)(=O)=O)CC(C(=O)c3cccc(O)c3)C2c2cccc(F)c2C)C1. The van der Waals surface area contributed by atoms with Crippen molar-refractivity contribution < 1.29 is 37.0 Å². The van der Waals surface area contributed by atoms with Gasteiger partial charge in [0.2, 0.25) is 15.9 Å². The van der Waals surface area contributed by atoms with Crippen molar-refractivity contribution >= 4 is 27.7 Å². The number of phenolic OH excluding ortho intramolecular Hbond substituents is 1. The summed E-state index contributed by atoms with van der Waals surface area (Å²) in [4.78, 5) is 44.8. The predicted molar refractivity (Wildman–Crippen MR) is 163 cm³/mol. The molecule has 0 spiro atoms. The maximum atomic E-state index is 15.0. The molecule has 2 aromatic carbocycles. The van der Waals surface area contributed by atoms with Gasteiger partial charge >= 0.3 is 5.97 Å². The Bertz CT molecular complexity index is 1480. The molecule has 44 heavy (non-hydrogen) atoms. The van der Waals surface area contributed by atoms with E-state index in [9.17, 15) is 32.3 Å². The second kappa shape index (κ2) is 14.2. The molecule has 4 rings (SSSR count). The monoisotopic (exact) mass is 631 g/mol. The van der Waals surface area contributed by atoms with Gasteiger partial charge in [-0.3, -0.25) is 14.4 Å². The molecule has 0 aromatic heterocycles. The number of nitrogens with zero attached hydrogens (tertiary/aromatic N) is 3. The summed E-state index contributed by atoms with van der Waals surface area (Å²) in [6.07, 6.45) is 2.32. The molecule has 0 aliphatic carbocycles. The Hall–Kier alpha value is -3.35. The highest BCUT2D eigenvalue weighted by molar-refractivity contribution is 7.88. The largest absolute Gasteiger partial charge is 0.508 e. The molecule has 4 atom stereocenters. The van der Waals surface area contributed by atoms with Gasteiger partial charge in [-0.05, 0) is 56.0 Å². The second-order valence-corrected chi connectivity index (χ2v) is 13.9. The molecule has 4 unspecified atom stereocenters. The van der Waals surface area contributed by atoms with Crippen LogP contribution in [-0.4, -0.2) is 104 Å². The van der Waals surface area contributed by atoms with E-state index in [1.807, 2.05) is 4.90 Å². The summed E-state index contributed by atoms with van der Waals surface area (Å²) >= 11 is 0. The van der Waals surface area contributed by atoms with Crippen molar-refractivity contribution in [1.29, 1.82) is 0 Å². The number of benzene rings is 2. The molecule has 2 heterocycles. The first-order valence-corrected chi connectivity index (χ1v) is 16.8. The summed E-state index contributed by atoms with van der Waals surface area (Å²) in [5.41, 5.74) is 1.15. The van der Waals surface area contributed by atoms with Crippen molar-refractivity contribution in [1.82, 2.24) is 14.1 Å². The van der Waals surface area contributed by atoms with Gasteiger partial charge in [-0.15, -0.1) is 0 Å². The highest BCUT2D eigenvalue weighted by Gasteiger charge is 2.47. The van der Waals surface area contributed by atoms with Gasteiger partial charge in [0, 0.05) is 63.7 Å². The molecule has 2 aliphatic heterocycles. The van der Waals surface area contributed by atoms with E-state index in [0.29, 0.717) is 30.5 Å². The van der Waals surface area contributed by atoms with Gasteiger partial charge in [0.25, 0.3) is 0 Å². The number of likely N-dealkylation sites (N-methyl/N-ethyl adjacent to an activating group) is 1. The minimum Gasteiger partial charge on any atom is -0.508 e. The number of carbonyl (C=O) groups excluding carboxylic acids is 3. The summed E-state index contributed by atoms with van der Waals surface area (Å²) in [6, 6.07) is 10.7. The van der Waals surface area contributed by atoms with E-state index in [1.54, 1.807) is 43.0 Å². The number of ether oxygens (including phenoxy) is 1. The van der Waals surface area contributed by atoms with Crippen LogP contribution in [-0.2, 0) is 24.3 Å². The molecule has 0 bridgehead atoms. The average molecular weight is 632 g/mol. The average Bonchev–Trinajstić information content (AvgIpc) is 2.99. The van der Waals surface area contributed by atoms with Crippen LogP contribution in [0.3, 0.4) is 0 Å². The first-order chi connectivity index (χ1) is 20.8. The molecule has 2 aromatic rings. The molecule has 10 nitrogen and oxygen atoms in total. The third kappa shape index (κ3) is 7.65. The highest BCUT2D eigenvalue weighted by atomic mass is 32.2. The maximum Gasteiger partial charge on any atom is 0.310 e. The number of carbonyl (C=O) groups is 3. The molecular formula is C32H42FN3O7S. The van der Waals surface area contributed by atoms with Crippen LogP contribution in [0.4, 0.5) is 4.39 Å². The third-order valence-corrected chi connectivity index (χ3v) is 10.2. The van der Waals surface area contributed by atoms with E-state index in [1.165, 1.54) is 29.6 Å². The second-order valence-electron chi connectivity index (χ2n) is 11.8. The maximum absolute atomic E-state index is 15.0. The number of sulfonamides is 1. The lowest BCUT2D eigenvalue weighted by Crippen LogP contribution is -2.56. The molecule has 1 amide bonds. The summed E-state index contributed by atoms with van der Waals surface area (Å²) in [6.45, 7) is 5.03. The number of hydrogen-bond donors (Lipinski definition) is 1.